The van der Waals surface area contributed by atoms with Crippen LogP contribution in [0.1, 0.15) is 46.1 Å². The molecule has 2 aliphatic heterocycles. The standard InChI is InChI=1S/C19H32BN3O3/c1-18(2)19(3,4)26-20(25-18)15-11-14(13-23(5)6)17(21-12-15)22-16-7-9-24-10-8-16/h11-12,16H,7-10,13H2,1-6H3,(H,21,22). The Hall–Kier alpha value is -1.15. The number of rotatable bonds is 5. The summed E-state index contributed by atoms with van der Waals surface area (Å²) in [7, 11) is 3.75. The SMILES string of the molecule is CN(C)Cc1cc(B2OC(C)(C)C(C)(C)O2)cnc1NC1CCOCC1. The molecule has 0 saturated carbocycles. The maximum Gasteiger partial charge on any atom is 0.496 e. The third-order valence-electron chi connectivity index (χ3n) is 5.56. The molecule has 2 aliphatic rings. The Morgan fingerprint density at radius 3 is 2.35 bits per heavy atom. The minimum Gasteiger partial charge on any atom is -0.399 e. The van der Waals surface area contributed by atoms with E-state index in [0.717, 1.165) is 49.4 Å². The summed E-state index contributed by atoms with van der Waals surface area (Å²) in [5.74, 6) is 0.950. The fourth-order valence-electron chi connectivity index (χ4n) is 3.26. The monoisotopic (exact) mass is 361 g/mol. The van der Waals surface area contributed by atoms with Crippen molar-refractivity contribution in [3.8, 4) is 0 Å². The van der Waals surface area contributed by atoms with E-state index in [4.69, 9.17) is 19.0 Å². The van der Waals surface area contributed by atoms with Crippen LogP contribution in [-0.4, -0.2) is 61.6 Å². The fraction of sp³-hybridized carbons (Fsp3) is 0.737. The average Bonchev–Trinajstić information content (AvgIpc) is 2.77. The van der Waals surface area contributed by atoms with Crippen molar-refractivity contribution in [3.05, 3.63) is 17.8 Å². The summed E-state index contributed by atoms with van der Waals surface area (Å²) in [5.41, 5.74) is 1.43. The molecule has 0 radical (unpaired) electrons. The molecular weight excluding hydrogens is 329 g/mol. The van der Waals surface area contributed by atoms with Gasteiger partial charge in [-0.15, -0.1) is 0 Å². The molecule has 2 fully saturated rings. The topological polar surface area (TPSA) is 55.9 Å². The molecule has 1 aromatic heterocycles. The molecule has 6 nitrogen and oxygen atoms in total. The van der Waals surface area contributed by atoms with Crippen molar-refractivity contribution in [2.75, 3.05) is 32.6 Å². The molecule has 0 spiro atoms. The zero-order valence-corrected chi connectivity index (χ0v) is 17.0. The minimum atomic E-state index is -0.384. The number of pyridine rings is 1. The summed E-state index contributed by atoms with van der Waals surface area (Å²) in [6, 6.07) is 2.58. The van der Waals surface area contributed by atoms with Gasteiger partial charge in [0.25, 0.3) is 0 Å². The Morgan fingerprint density at radius 1 is 1.15 bits per heavy atom. The van der Waals surface area contributed by atoms with Gasteiger partial charge in [0, 0.05) is 43.0 Å². The van der Waals surface area contributed by atoms with Crippen LogP contribution in [0.4, 0.5) is 5.82 Å². The second-order valence-electron chi connectivity index (χ2n) is 8.63. The molecule has 7 heteroatoms. The lowest BCUT2D eigenvalue weighted by Gasteiger charge is -2.32. The molecule has 0 amide bonds. The Balaban J connectivity index is 1.82. The lowest BCUT2D eigenvalue weighted by Crippen LogP contribution is -2.41. The first-order valence-corrected chi connectivity index (χ1v) is 9.51. The third kappa shape index (κ3) is 4.22. The van der Waals surface area contributed by atoms with Crippen molar-refractivity contribution < 1.29 is 14.0 Å². The van der Waals surface area contributed by atoms with E-state index in [0.29, 0.717) is 6.04 Å². The maximum atomic E-state index is 6.19. The average molecular weight is 361 g/mol. The van der Waals surface area contributed by atoms with Crippen LogP contribution >= 0.6 is 0 Å². The van der Waals surface area contributed by atoms with E-state index in [-0.39, 0.29) is 18.3 Å². The first-order chi connectivity index (χ1) is 12.2. The number of hydrogen-bond acceptors (Lipinski definition) is 6. The lowest BCUT2D eigenvalue weighted by molar-refractivity contribution is 0.00578. The zero-order valence-electron chi connectivity index (χ0n) is 17.0. The lowest BCUT2D eigenvalue weighted by atomic mass is 9.79. The van der Waals surface area contributed by atoms with Crippen molar-refractivity contribution in [1.82, 2.24) is 9.88 Å². The molecule has 0 unspecified atom stereocenters. The van der Waals surface area contributed by atoms with Gasteiger partial charge < -0.3 is 24.3 Å². The van der Waals surface area contributed by atoms with Gasteiger partial charge in [-0.3, -0.25) is 0 Å². The summed E-state index contributed by atoms with van der Waals surface area (Å²) in [4.78, 5) is 6.88. The van der Waals surface area contributed by atoms with E-state index in [1.165, 1.54) is 0 Å². The molecule has 1 N–H and O–H groups in total. The van der Waals surface area contributed by atoms with E-state index in [2.05, 4.69) is 58.1 Å². The van der Waals surface area contributed by atoms with Crippen LogP contribution in [0.15, 0.2) is 12.3 Å². The summed E-state index contributed by atoms with van der Waals surface area (Å²) in [5, 5.41) is 3.61. The van der Waals surface area contributed by atoms with E-state index >= 15 is 0 Å². The van der Waals surface area contributed by atoms with E-state index < -0.39 is 0 Å². The highest BCUT2D eigenvalue weighted by Gasteiger charge is 2.51. The van der Waals surface area contributed by atoms with Gasteiger partial charge in [-0.1, -0.05) is 6.07 Å². The van der Waals surface area contributed by atoms with Gasteiger partial charge in [0.2, 0.25) is 0 Å². The largest absolute Gasteiger partial charge is 0.496 e. The molecule has 2 saturated heterocycles. The van der Waals surface area contributed by atoms with Crippen LogP contribution in [0.2, 0.25) is 0 Å². The van der Waals surface area contributed by atoms with Crippen molar-refractivity contribution >= 4 is 18.4 Å². The van der Waals surface area contributed by atoms with Gasteiger partial charge in [-0.05, 0) is 54.6 Å². The van der Waals surface area contributed by atoms with Gasteiger partial charge in [0.15, 0.2) is 0 Å². The van der Waals surface area contributed by atoms with Gasteiger partial charge >= 0.3 is 7.12 Å². The quantitative estimate of drug-likeness (QED) is 0.810. The number of hydrogen-bond donors (Lipinski definition) is 1. The first-order valence-electron chi connectivity index (χ1n) is 9.51. The zero-order chi connectivity index (χ0) is 18.9. The van der Waals surface area contributed by atoms with Crippen LogP contribution in [0.5, 0.6) is 0 Å². The molecule has 144 valence electrons. The Kier molecular flexibility index (Phi) is 5.63. The van der Waals surface area contributed by atoms with Crippen molar-refractivity contribution in [2.24, 2.45) is 0 Å². The molecule has 3 rings (SSSR count). The van der Waals surface area contributed by atoms with E-state index in [9.17, 15) is 0 Å². The second kappa shape index (κ2) is 7.47. The smallest absolute Gasteiger partial charge is 0.399 e. The van der Waals surface area contributed by atoms with Crippen molar-refractivity contribution in [1.29, 1.82) is 0 Å². The summed E-state index contributed by atoms with van der Waals surface area (Å²) >= 11 is 0. The van der Waals surface area contributed by atoms with Gasteiger partial charge in [0.1, 0.15) is 5.82 Å². The predicted octanol–water partition coefficient (Wildman–Crippen LogP) is 2.03. The molecule has 0 atom stereocenters. The fourth-order valence-corrected chi connectivity index (χ4v) is 3.26. The third-order valence-corrected chi connectivity index (χ3v) is 5.56. The van der Waals surface area contributed by atoms with Gasteiger partial charge in [-0.25, -0.2) is 4.98 Å². The van der Waals surface area contributed by atoms with Crippen LogP contribution < -0.4 is 10.8 Å². The number of anilines is 1. The highest BCUT2D eigenvalue weighted by Crippen LogP contribution is 2.36. The van der Waals surface area contributed by atoms with Crippen LogP contribution in [0, 0.1) is 0 Å². The number of nitrogens with one attached hydrogen (secondary N) is 1. The Morgan fingerprint density at radius 2 is 1.77 bits per heavy atom. The van der Waals surface area contributed by atoms with Crippen molar-refractivity contribution in [2.45, 2.75) is 64.3 Å². The van der Waals surface area contributed by atoms with Gasteiger partial charge in [0.05, 0.1) is 11.2 Å². The Labute approximate surface area is 157 Å². The first kappa shape index (κ1) is 19.6. The van der Waals surface area contributed by atoms with Crippen LogP contribution in [0.3, 0.4) is 0 Å². The highest BCUT2D eigenvalue weighted by atomic mass is 16.7. The van der Waals surface area contributed by atoms with Crippen molar-refractivity contribution in [3.63, 3.8) is 0 Å². The molecule has 0 aromatic carbocycles. The normalized spacial score (nSPS) is 22.8. The molecular formula is C19H32BN3O3. The number of aromatic nitrogens is 1. The second-order valence-corrected chi connectivity index (χ2v) is 8.63. The van der Waals surface area contributed by atoms with Crippen LogP contribution in [0.25, 0.3) is 0 Å². The Bertz CT molecular complexity index is 614. The van der Waals surface area contributed by atoms with E-state index in [1.54, 1.807) is 0 Å². The highest BCUT2D eigenvalue weighted by molar-refractivity contribution is 6.62. The predicted molar refractivity (Wildman–Crippen MR) is 105 cm³/mol. The van der Waals surface area contributed by atoms with Crippen LogP contribution in [-0.2, 0) is 20.6 Å². The van der Waals surface area contributed by atoms with Gasteiger partial charge in [-0.2, -0.15) is 0 Å². The number of nitrogens with zero attached hydrogens (tertiary/aromatic N) is 2. The maximum absolute atomic E-state index is 6.19. The summed E-state index contributed by atoms with van der Waals surface area (Å²) in [6.45, 7) is 10.7. The summed E-state index contributed by atoms with van der Waals surface area (Å²) in [6.07, 6.45) is 3.91. The molecule has 26 heavy (non-hydrogen) atoms. The van der Waals surface area contributed by atoms with E-state index in [1.807, 2.05) is 6.20 Å². The molecule has 1 aromatic rings. The molecule has 0 bridgehead atoms. The minimum absolute atomic E-state index is 0.349. The molecule has 0 aliphatic carbocycles. The number of ether oxygens (including phenoxy) is 1. The summed E-state index contributed by atoms with van der Waals surface area (Å²) < 4.78 is 17.8. The molecule has 3 heterocycles.